The second-order valence-electron chi connectivity index (χ2n) is 4.23. The summed E-state index contributed by atoms with van der Waals surface area (Å²) in [6, 6.07) is 7.52. The fourth-order valence-electron chi connectivity index (χ4n) is 1.95. The average Bonchev–Trinajstić information content (AvgIpc) is 2.49. The molecule has 0 aliphatic carbocycles. The molecule has 0 bridgehead atoms. The molecule has 0 aromatic heterocycles. The van der Waals surface area contributed by atoms with Gasteiger partial charge in [-0.05, 0) is 23.8 Å². The first kappa shape index (κ1) is 16.2. The summed E-state index contributed by atoms with van der Waals surface area (Å²) in [5.74, 6) is -0.695. The minimum absolute atomic E-state index is 0.211. The SMILES string of the molecule is COc1cc(Br)c(C(Br)c2cccc(F)c2F)cc1OC. The highest BCUT2D eigenvalue weighted by atomic mass is 79.9. The highest BCUT2D eigenvalue weighted by molar-refractivity contribution is 9.11. The molecule has 6 heteroatoms. The van der Waals surface area contributed by atoms with E-state index in [1.807, 2.05) is 0 Å². The quantitative estimate of drug-likeness (QED) is 0.629. The summed E-state index contributed by atoms with van der Waals surface area (Å²) < 4.78 is 38.4. The van der Waals surface area contributed by atoms with E-state index in [1.54, 1.807) is 12.1 Å². The van der Waals surface area contributed by atoms with Gasteiger partial charge in [-0.1, -0.05) is 44.0 Å². The number of ether oxygens (including phenoxy) is 2. The van der Waals surface area contributed by atoms with Gasteiger partial charge in [-0.15, -0.1) is 0 Å². The fraction of sp³-hybridized carbons (Fsp3) is 0.200. The summed E-state index contributed by atoms with van der Waals surface area (Å²) in [5, 5.41) is 0. The maximum atomic E-state index is 13.9. The Balaban J connectivity index is 2.53. The van der Waals surface area contributed by atoms with Gasteiger partial charge in [0.2, 0.25) is 0 Å². The third-order valence-electron chi connectivity index (χ3n) is 3.03. The number of halogens is 4. The lowest BCUT2D eigenvalue weighted by Gasteiger charge is -2.17. The Morgan fingerprint density at radius 1 is 1.00 bits per heavy atom. The first-order chi connectivity index (χ1) is 9.99. The fourth-order valence-corrected chi connectivity index (χ4v) is 3.54. The van der Waals surface area contributed by atoms with Crippen LogP contribution in [0.3, 0.4) is 0 Å². The maximum absolute atomic E-state index is 13.9. The van der Waals surface area contributed by atoms with E-state index in [-0.39, 0.29) is 5.56 Å². The molecular weight excluding hydrogens is 410 g/mol. The summed E-state index contributed by atoms with van der Waals surface area (Å²) in [7, 11) is 3.05. The van der Waals surface area contributed by atoms with Gasteiger partial charge in [-0.25, -0.2) is 8.78 Å². The molecule has 0 aliphatic rings. The molecule has 2 rings (SSSR count). The van der Waals surface area contributed by atoms with Crippen LogP contribution in [0.25, 0.3) is 0 Å². The second-order valence-corrected chi connectivity index (χ2v) is 6.00. The summed E-state index contributed by atoms with van der Waals surface area (Å²) >= 11 is 6.82. The summed E-state index contributed by atoms with van der Waals surface area (Å²) in [6.45, 7) is 0. The van der Waals surface area contributed by atoms with Gasteiger partial charge >= 0.3 is 0 Å². The topological polar surface area (TPSA) is 18.5 Å². The standard InChI is InChI=1S/C15H12Br2F2O2/c1-20-12-6-9(10(16)7-13(12)21-2)14(17)8-4-3-5-11(18)15(8)19/h3-7,14H,1-2H3. The van der Waals surface area contributed by atoms with Crippen LogP contribution in [-0.2, 0) is 0 Å². The molecular formula is C15H12Br2F2O2. The molecule has 21 heavy (non-hydrogen) atoms. The Morgan fingerprint density at radius 3 is 2.24 bits per heavy atom. The van der Waals surface area contributed by atoms with Gasteiger partial charge in [0.1, 0.15) is 0 Å². The van der Waals surface area contributed by atoms with Crippen LogP contribution < -0.4 is 9.47 Å². The molecule has 1 unspecified atom stereocenters. The van der Waals surface area contributed by atoms with Crippen molar-refractivity contribution in [2.75, 3.05) is 14.2 Å². The molecule has 0 amide bonds. The first-order valence-corrected chi connectivity index (χ1v) is 7.69. The monoisotopic (exact) mass is 420 g/mol. The van der Waals surface area contributed by atoms with Crippen molar-refractivity contribution in [3.8, 4) is 11.5 Å². The van der Waals surface area contributed by atoms with E-state index >= 15 is 0 Å². The van der Waals surface area contributed by atoms with E-state index in [4.69, 9.17) is 9.47 Å². The number of hydrogen-bond acceptors (Lipinski definition) is 2. The van der Waals surface area contributed by atoms with Gasteiger partial charge in [-0.2, -0.15) is 0 Å². The highest BCUT2D eigenvalue weighted by Gasteiger charge is 2.21. The number of rotatable bonds is 4. The molecule has 2 aromatic rings. The lowest BCUT2D eigenvalue weighted by atomic mass is 10.0. The third-order valence-corrected chi connectivity index (χ3v) is 4.70. The van der Waals surface area contributed by atoms with Crippen LogP contribution in [0, 0.1) is 11.6 Å². The van der Waals surface area contributed by atoms with Crippen molar-refractivity contribution in [3.63, 3.8) is 0 Å². The number of alkyl halides is 1. The van der Waals surface area contributed by atoms with Crippen molar-refractivity contribution < 1.29 is 18.3 Å². The summed E-state index contributed by atoms with van der Waals surface area (Å²) in [5.41, 5.74) is 0.917. The number of hydrogen-bond donors (Lipinski definition) is 0. The zero-order valence-corrected chi connectivity index (χ0v) is 14.5. The van der Waals surface area contributed by atoms with Crippen molar-refractivity contribution in [2.24, 2.45) is 0 Å². The molecule has 0 radical (unpaired) electrons. The molecule has 0 spiro atoms. The molecule has 2 aromatic carbocycles. The van der Waals surface area contributed by atoms with Gasteiger partial charge in [0.25, 0.3) is 0 Å². The number of benzene rings is 2. The Labute approximate surface area is 138 Å². The predicted octanol–water partition coefficient (Wildman–Crippen LogP) is 5.23. The van der Waals surface area contributed by atoms with Crippen molar-refractivity contribution >= 4 is 31.9 Å². The molecule has 0 heterocycles. The van der Waals surface area contributed by atoms with Crippen LogP contribution in [0.1, 0.15) is 16.0 Å². The zero-order valence-electron chi connectivity index (χ0n) is 11.3. The van der Waals surface area contributed by atoms with Crippen LogP contribution in [0.4, 0.5) is 8.78 Å². The molecule has 0 saturated heterocycles. The van der Waals surface area contributed by atoms with Gasteiger partial charge in [0, 0.05) is 10.0 Å². The average molecular weight is 422 g/mol. The Bertz CT molecular complexity index is 662. The van der Waals surface area contributed by atoms with E-state index < -0.39 is 16.5 Å². The number of methoxy groups -OCH3 is 2. The normalized spacial score (nSPS) is 12.1. The van der Waals surface area contributed by atoms with Gasteiger partial charge in [0.15, 0.2) is 23.1 Å². The highest BCUT2D eigenvalue weighted by Crippen LogP contribution is 2.42. The van der Waals surface area contributed by atoms with E-state index in [1.165, 1.54) is 26.4 Å². The molecule has 0 fully saturated rings. The van der Waals surface area contributed by atoms with Crippen LogP contribution in [0.5, 0.6) is 11.5 Å². The molecule has 2 nitrogen and oxygen atoms in total. The molecule has 0 N–H and O–H groups in total. The van der Waals surface area contributed by atoms with Crippen molar-refractivity contribution in [2.45, 2.75) is 4.83 Å². The Morgan fingerprint density at radius 2 is 1.62 bits per heavy atom. The second kappa shape index (κ2) is 6.75. The Hall–Kier alpha value is -1.14. The van der Waals surface area contributed by atoms with Crippen LogP contribution in [0.2, 0.25) is 0 Å². The van der Waals surface area contributed by atoms with Crippen molar-refractivity contribution in [1.29, 1.82) is 0 Å². The molecule has 0 aliphatic heterocycles. The van der Waals surface area contributed by atoms with Crippen LogP contribution >= 0.6 is 31.9 Å². The minimum atomic E-state index is -0.881. The predicted molar refractivity (Wildman–Crippen MR) is 84.4 cm³/mol. The third kappa shape index (κ3) is 3.21. The van der Waals surface area contributed by atoms with Crippen molar-refractivity contribution in [1.82, 2.24) is 0 Å². The molecule has 1 atom stereocenters. The van der Waals surface area contributed by atoms with Crippen LogP contribution in [0.15, 0.2) is 34.8 Å². The van der Waals surface area contributed by atoms with E-state index in [0.717, 1.165) is 6.07 Å². The summed E-state index contributed by atoms with van der Waals surface area (Å²) in [4.78, 5) is -0.526. The Kier molecular flexibility index (Phi) is 5.22. The summed E-state index contributed by atoms with van der Waals surface area (Å²) in [6.07, 6.45) is 0. The minimum Gasteiger partial charge on any atom is -0.493 e. The van der Waals surface area contributed by atoms with Gasteiger partial charge in [0.05, 0.1) is 19.0 Å². The van der Waals surface area contributed by atoms with E-state index in [0.29, 0.717) is 21.5 Å². The lowest BCUT2D eigenvalue weighted by Crippen LogP contribution is -2.01. The van der Waals surface area contributed by atoms with Gasteiger partial charge in [-0.3, -0.25) is 0 Å². The van der Waals surface area contributed by atoms with Crippen LogP contribution in [-0.4, -0.2) is 14.2 Å². The first-order valence-electron chi connectivity index (χ1n) is 5.99. The zero-order chi connectivity index (χ0) is 15.6. The van der Waals surface area contributed by atoms with E-state index in [9.17, 15) is 8.78 Å². The molecule has 0 saturated carbocycles. The van der Waals surface area contributed by atoms with Crippen molar-refractivity contribution in [3.05, 3.63) is 57.6 Å². The largest absolute Gasteiger partial charge is 0.493 e. The molecule has 112 valence electrons. The van der Waals surface area contributed by atoms with E-state index in [2.05, 4.69) is 31.9 Å². The maximum Gasteiger partial charge on any atom is 0.163 e. The van der Waals surface area contributed by atoms with Gasteiger partial charge < -0.3 is 9.47 Å². The smallest absolute Gasteiger partial charge is 0.163 e. The lowest BCUT2D eigenvalue weighted by molar-refractivity contribution is 0.354.